The highest BCUT2D eigenvalue weighted by molar-refractivity contribution is 6.31. The molecule has 0 atom stereocenters. The molecule has 20 heavy (non-hydrogen) atoms. The van der Waals surface area contributed by atoms with E-state index in [0.717, 1.165) is 11.4 Å². The summed E-state index contributed by atoms with van der Waals surface area (Å²) in [4.78, 5) is 0. The summed E-state index contributed by atoms with van der Waals surface area (Å²) in [6.45, 7) is 4.76. The Bertz CT molecular complexity index is 674. The van der Waals surface area contributed by atoms with Crippen LogP contribution < -0.4 is 4.74 Å². The molecule has 0 fully saturated rings. The molecule has 2 aromatic rings. The van der Waals surface area contributed by atoms with E-state index < -0.39 is 0 Å². The quantitative estimate of drug-likeness (QED) is 0.858. The van der Waals surface area contributed by atoms with Gasteiger partial charge in [0.25, 0.3) is 0 Å². The molecular weight excluding hydrogens is 297 g/mol. The van der Waals surface area contributed by atoms with Gasteiger partial charge in [0, 0.05) is 17.6 Å². The van der Waals surface area contributed by atoms with Crippen molar-refractivity contribution in [3.8, 4) is 11.8 Å². The van der Waals surface area contributed by atoms with Crippen molar-refractivity contribution in [1.29, 1.82) is 5.26 Å². The summed E-state index contributed by atoms with van der Waals surface area (Å²) in [7, 11) is 0. The van der Waals surface area contributed by atoms with Gasteiger partial charge in [-0.3, -0.25) is 4.68 Å². The third-order valence-electron chi connectivity index (χ3n) is 2.88. The Morgan fingerprint density at radius 1 is 1.40 bits per heavy atom. The molecule has 0 spiro atoms. The lowest BCUT2D eigenvalue weighted by molar-refractivity contribution is 0.292. The van der Waals surface area contributed by atoms with E-state index in [9.17, 15) is 0 Å². The average molecular weight is 310 g/mol. The van der Waals surface area contributed by atoms with Crippen LogP contribution in [0.25, 0.3) is 0 Å². The number of ether oxygens (including phenoxy) is 1. The summed E-state index contributed by atoms with van der Waals surface area (Å²) in [6, 6.07) is 6.97. The zero-order valence-electron chi connectivity index (χ0n) is 11.2. The molecule has 2 rings (SSSR count). The number of nitriles is 1. The molecule has 0 aliphatic rings. The van der Waals surface area contributed by atoms with Crippen LogP contribution in [0.3, 0.4) is 0 Å². The van der Waals surface area contributed by atoms with Crippen molar-refractivity contribution >= 4 is 23.2 Å². The molecule has 0 aliphatic carbocycles. The first-order valence-corrected chi connectivity index (χ1v) is 6.86. The lowest BCUT2D eigenvalue weighted by atomic mass is 10.2. The van der Waals surface area contributed by atoms with Crippen LogP contribution in [0.1, 0.15) is 23.9 Å². The number of hydrogen-bond donors (Lipinski definition) is 0. The van der Waals surface area contributed by atoms with E-state index >= 15 is 0 Å². The summed E-state index contributed by atoms with van der Waals surface area (Å²) in [5.74, 6) is 0.442. The van der Waals surface area contributed by atoms with Crippen molar-refractivity contribution in [2.45, 2.75) is 27.0 Å². The SMILES string of the molecule is CCn1nc(C)c(Cl)c1COc1cc(Cl)ccc1C#N. The highest BCUT2D eigenvalue weighted by atomic mass is 35.5. The minimum absolute atomic E-state index is 0.239. The number of halogens is 2. The van der Waals surface area contributed by atoms with Crippen LogP contribution >= 0.6 is 23.2 Å². The van der Waals surface area contributed by atoms with Gasteiger partial charge >= 0.3 is 0 Å². The maximum absolute atomic E-state index is 9.05. The fourth-order valence-electron chi connectivity index (χ4n) is 1.86. The monoisotopic (exact) mass is 309 g/mol. The lowest BCUT2D eigenvalue weighted by Crippen LogP contribution is -2.07. The van der Waals surface area contributed by atoms with E-state index in [-0.39, 0.29) is 6.61 Å². The molecule has 0 aliphatic heterocycles. The second kappa shape index (κ2) is 6.17. The lowest BCUT2D eigenvalue weighted by Gasteiger charge is -2.10. The van der Waals surface area contributed by atoms with Crippen LogP contribution in [0.4, 0.5) is 0 Å². The molecule has 0 saturated heterocycles. The molecule has 0 amide bonds. The standard InChI is InChI=1S/C14H13Cl2N3O/c1-3-19-12(14(16)9(2)18-19)8-20-13-6-11(15)5-4-10(13)7-17/h4-6H,3,8H2,1-2H3. The number of hydrogen-bond acceptors (Lipinski definition) is 3. The Morgan fingerprint density at radius 3 is 2.80 bits per heavy atom. The van der Waals surface area contributed by atoms with Crippen LogP contribution in [-0.2, 0) is 13.2 Å². The maximum atomic E-state index is 9.05. The Labute approximate surface area is 127 Å². The van der Waals surface area contributed by atoms with Gasteiger partial charge in [-0.1, -0.05) is 23.2 Å². The van der Waals surface area contributed by atoms with E-state index in [1.807, 2.05) is 13.8 Å². The fraction of sp³-hybridized carbons (Fsp3) is 0.286. The number of rotatable bonds is 4. The van der Waals surface area contributed by atoms with E-state index in [1.165, 1.54) is 0 Å². The highest BCUT2D eigenvalue weighted by Crippen LogP contribution is 2.26. The van der Waals surface area contributed by atoms with Crippen molar-refractivity contribution in [1.82, 2.24) is 9.78 Å². The molecule has 0 unspecified atom stereocenters. The van der Waals surface area contributed by atoms with Gasteiger partial charge in [-0.15, -0.1) is 0 Å². The summed E-state index contributed by atoms with van der Waals surface area (Å²) < 4.78 is 7.47. The predicted octanol–water partition coefficient (Wildman–Crippen LogP) is 3.97. The third-order valence-corrected chi connectivity index (χ3v) is 3.61. The van der Waals surface area contributed by atoms with Crippen molar-refractivity contribution in [2.75, 3.05) is 0 Å². The van der Waals surface area contributed by atoms with Gasteiger partial charge in [0.15, 0.2) is 0 Å². The zero-order valence-corrected chi connectivity index (χ0v) is 12.7. The molecule has 4 nitrogen and oxygen atoms in total. The first kappa shape index (κ1) is 14.7. The number of nitrogens with zero attached hydrogens (tertiary/aromatic N) is 3. The Balaban J connectivity index is 2.25. The zero-order chi connectivity index (χ0) is 14.7. The van der Waals surface area contributed by atoms with E-state index in [0.29, 0.717) is 27.9 Å². The molecular formula is C14H13Cl2N3O. The van der Waals surface area contributed by atoms with Crippen LogP contribution in [0, 0.1) is 18.3 Å². The summed E-state index contributed by atoms with van der Waals surface area (Å²) in [5.41, 5.74) is 1.99. The first-order valence-electron chi connectivity index (χ1n) is 6.11. The van der Waals surface area contributed by atoms with Gasteiger partial charge in [0.05, 0.1) is 22.0 Å². The Morgan fingerprint density at radius 2 is 2.15 bits per heavy atom. The van der Waals surface area contributed by atoms with Gasteiger partial charge in [-0.2, -0.15) is 10.4 Å². The minimum Gasteiger partial charge on any atom is -0.486 e. The van der Waals surface area contributed by atoms with Gasteiger partial charge in [-0.25, -0.2) is 0 Å². The van der Waals surface area contributed by atoms with Crippen LogP contribution in [0.15, 0.2) is 18.2 Å². The fourth-order valence-corrected chi connectivity index (χ4v) is 2.21. The topological polar surface area (TPSA) is 50.8 Å². The van der Waals surface area contributed by atoms with E-state index in [1.54, 1.807) is 22.9 Å². The number of aromatic nitrogens is 2. The Hall–Kier alpha value is -1.70. The third kappa shape index (κ3) is 2.90. The molecule has 0 radical (unpaired) electrons. The Kier molecular flexibility index (Phi) is 4.53. The van der Waals surface area contributed by atoms with Crippen molar-refractivity contribution in [3.63, 3.8) is 0 Å². The normalized spacial score (nSPS) is 10.3. The second-order valence-electron chi connectivity index (χ2n) is 4.20. The first-order chi connectivity index (χ1) is 9.56. The molecule has 1 aromatic carbocycles. The highest BCUT2D eigenvalue weighted by Gasteiger charge is 2.14. The second-order valence-corrected chi connectivity index (χ2v) is 5.02. The largest absolute Gasteiger partial charge is 0.486 e. The number of benzene rings is 1. The molecule has 6 heteroatoms. The van der Waals surface area contributed by atoms with Gasteiger partial charge in [-0.05, 0) is 26.0 Å². The van der Waals surface area contributed by atoms with E-state index in [2.05, 4.69) is 11.2 Å². The molecule has 0 N–H and O–H groups in total. The number of aryl methyl sites for hydroxylation is 2. The molecule has 1 aromatic heterocycles. The molecule has 104 valence electrons. The van der Waals surface area contributed by atoms with Crippen molar-refractivity contribution < 1.29 is 4.74 Å². The average Bonchev–Trinajstić information content (AvgIpc) is 2.72. The summed E-state index contributed by atoms with van der Waals surface area (Å²) in [5, 5.41) is 14.5. The van der Waals surface area contributed by atoms with Crippen LogP contribution in [0.5, 0.6) is 5.75 Å². The smallest absolute Gasteiger partial charge is 0.139 e. The van der Waals surface area contributed by atoms with Gasteiger partial charge < -0.3 is 4.74 Å². The van der Waals surface area contributed by atoms with Crippen LogP contribution in [0.2, 0.25) is 10.0 Å². The minimum atomic E-state index is 0.239. The molecule has 0 saturated carbocycles. The predicted molar refractivity (Wildman–Crippen MR) is 78.1 cm³/mol. The van der Waals surface area contributed by atoms with Crippen molar-refractivity contribution in [2.24, 2.45) is 0 Å². The molecule has 0 bridgehead atoms. The van der Waals surface area contributed by atoms with E-state index in [4.69, 9.17) is 33.2 Å². The summed E-state index contributed by atoms with van der Waals surface area (Å²) >= 11 is 12.1. The van der Waals surface area contributed by atoms with Crippen molar-refractivity contribution in [3.05, 3.63) is 45.2 Å². The maximum Gasteiger partial charge on any atom is 0.139 e. The van der Waals surface area contributed by atoms with Crippen LogP contribution in [-0.4, -0.2) is 9.78 Å². The van der Waals surface area contributed by atoms with Gasteiger partial charge in [0.1, 0.15) is 18.4 Å². The molecule has 1 heterocycles. The summed E-state index contributed by atoms with van der Waals surface area (Å²) in [6.07, 6.45) is 0. The van der Waals surface area contributed by atoms with Gasteiger partial charge in [0.2, 0.25) is 0 Å².